The summed E-state index contributed by atoms with van der Waals surface area (Å²) in [6.07, 6.45) is 0. The van der Waals surface area contributed by atoms with E-state index in [2.05, 4.69) is 36.4 Å². The third-order valence-electron chi connectivity index (χ3n) is 7.35. The van der Waals surface area contributed by atoms with E-state index in [1.165, 1.54) is 12.1 Å². The van der Waals surface area contributed by atoms with Crippen molar-refractivity contribution in [3.05, 3.63) is 85.4 Å². The van der Waals surface area contributed by atoms with Gasteiger partial charge in [0.25, 0.3) is 11.2 Å². The van der Waals surface area contributed by atoms with Gasteiger partial charge < -0.3 is 9.88 Å². The van der Waals surface area contributed by atoms with Crippen LogP contribution in [0.3, 0.4) is 0 Å². The van der Waals surface area contributed by atoms with Crippen LogP contribution in [0.1, 0.15) is 49.3 Å². The zero-order valence-corrected chi connectivity index (χ0v) is 22.3. The van der Waals surface area contributed by atoms with Crippen molar-refractivity contribution in [1.29, 1.82) is 0 Å². The van der Waals surface area contributed by atoms with E-state index in [-0.39, 0.29) is 16.8 Å². The highest BCUT2D eigenvalue weighted by Crippen LogP contribution is 2.31. The lowest BCUT2D eigenvalue weighted by Crippen LogP contribution is -2.49. The number of H-pyrrole nitrogens is 1. The average Bonchev–Trinajstić information content (AvgIpc) is 3.38. The molecule has 0 aliphatic carbocycles. The number of aromatic nitrogens is 5. The molecule has 2 aromatic heterocycles. The maximum atomic E-state index is 13.6. The van der Waals surface area contributed by atoms with Gasteiger partial charge in [0.1, 0.15) is 6.04 Å². The molecule has 38 heavy (non-hydrogen) atoms. The van der Waals surface area contributed by atoms with Crippen LogP contribution in [0.15, 0.2) is 47.3 Å². The molecule has 1 N–H and O–H groups in total. The number of tetrazole rings is 1. The number of aryl methyl sites for hydroxylation is 2. The van der Waals surface area contributed by atoms with Crippen LogP contribution >= 0.6 is 0 Å². The second-order valence-corrected chi connectivity index (χ2v) is 10.8. The van der Waals surface area contributed by atoms with Crippen molar-refractivity contribution < 1.29 is 4.92 Å². The average molecular weight is 517 g/mol. The lowest BCUT2D eigenvalue weighted by molar-refractivity contribution is -0.384. The number of hydrogen-bond acceptors (Lipinski definition) is 8. The Bertz CT molecular complexity index is 1540. The Morgan fingerprint density at radius 1 is 1.03 bits per heavy atom. The summed E-state index contributed by atoms with van der Waals surface area (Å²) in [4.78, 5) is 31.8. The van der Waals surface area contributed by atoms with E-state index in [1.807, 2.05) is 46.8 Å². The molecule has 11 nitrogen and oxygen atoms in total. The van der Waals surface area contributed by atoms with Gasteiger partial charge in [-0.1, -0.05) is 12.1 Å². The van der Waals surface area contributed by atoms with Crippen molar-refractivity contribution in [3.63, 3.8) is 0 Å². The van der Waals surface area contributed by atoms with Gasteiger partial charge in [-0.15, -0.1) is 5.10 Å². The molecule has 1 unspecified atom stereocenters. The Labute approximate surface area is 220 Å². The summed E-state index contributed by atoms with van der Waals surface area (Å²) in [6.45, 7) is 12.8. The largest absolute Gasteiger partial charge is 0.369 e. The van der Waals surface area contributed by atoms with Crippen LogP contribution in [0, 0.1) is 24.0 Å². The van der Waals surface area contributed by atoms with Gasteiger partial charge in [-0.25, -0.2) is 4.68 Å². The van der Waals surface area contributed by atoms with E-state index in [0.29, 0.717) is 37.6 Å². The Morgan fingerprint density at radius 3 is 2.34 bits per heavy atom. The smallest absolute Gasteiger partial charge is 0.269 e. The SMILES string of the molecule is Cc1ccc2cc(C(c3nnnn3C(C)(C)C)N3CCN(c4ccc([N+](=O)[O-])cc4)CC3)c(=O)[nH]c2c1C. The predicted octanol–water partition coefficient (Wildman–Crippen LogP) is 3.71. The number of aromatic amines is 1. The maximum Gasteiger partial charge on any atom is 0.269 e. The van der Waals surface area contributed by atoms with Gasteiger partial charge in [0.2, 0.25) is 0 Å². The molecule has 1 aliphatic rings. The minimum Gasteiger partial charge on any atom is -0.369 e. The molecule has 3 heterocycles. The summed E-state index contributed by atoms with van der Waals surface area (Å²) in [5, 5.41) is 24.7. The molecule has 0 spiro atoms. The minimum absolute atomic E-state index is 0.0717. The van der Waals surface area contributed by atoms with Crippen LogP contribution in [0.5, 0.6) is 0 Å². The number of nitro benzene ring substituents is 1. The number of non-ortho nitro benzene ring substituents is 1. The van der Waals surface area contributed by atoms with E-state index >= 15 is 0 Å². The highest BCUT2D eigenvalue weighted by Gasteiger charge is 2.35. The first-order chi connectivity index (χ1) is 18.0. The second kappa shape index (κ2) is 9.64. The van der Waals surface area contributed by atoms with Crippen LogP contribution in [0.2, 0.25) is 0 Å². The van der Waals surface area contributed by atoms with Crippen LogP contribution in [0.25, 0.3) is 10.9 Å². The number of nitrogens with one attached hydrogen (secondary N) is 1. The molecule has 11 heteroatoms. The number of hydrogen-bond donors (Lipinski definition) is 1. The molecule has 0 saturated carbocycles. The van der Waals surface area contributed by atoms with Crippen molar-refractivity contribution in [2.24, 2.45) is 0 Å². The third kappa shape index (κ3) is 4.65. The molecule has 5 rings (SSSR count). The number of anilines is 1. The number of nitro groups is 1. The first-order valence-electron chi connectivity index (χ1n) is 12.7. The summed E-state index contributed by atoms with van der Waals surface area (Å²) in [7, 11) is 0. The van der Waals surface area contributed by atoms with E-state index in [1.54, 1.807) is 16.8 Å². The molecule has 1 aliphatic heterocycles. The normalized spacial score (nSPS) is 15.7. The highest BCUT2D eigenvalue weighted by molar-refractivity contribution is 5.83. The molecular weight excluding hydrogens is 484 g/mol. The van der Waals surface area contributed by atoms with E-state index in [4.69, 9.17) is 0 Å². The topological polar surface area (TPSA) is 126 Å². The van der Waals surface area contributed by atoms with Crippen molar-refractivity contribution in [2.75, 3.05) is 31.1 Å². The number of piperazine rings is 1. The van der Waals surface area contributed by atoms with E-state index < -0.39 is 11.0 Å². The zero-order chi connectivity index (χ0) is 27.2. The molecule has 0 bridgehead atoms. The Balaban J connectivity index is 1.53. The van der Waals surface area contributed by atoms with Gasteiger partial charge in [-0.05, 0) is 79.8 Å². The van der Waals surface area contributed by atoms with Crippen molar-refractivity contribution in [2.45, 2.75) is 46.2 Å². The summed E-state index contributed by atoms with van der Waals surface area (Å²) in [6, 6.07) is 12.2. The lowest BCUT2D eigenvalue weighted by atomic mass is 9.99. The summed E-state index contributed by atoms with van der Waals surface area (Å²) < 4.78 is 1.80. The first-order valence-corrected chi connectivity index (χ1v) is 12.7. The van der Waals surface area contributed by atoms with Crippen molar-refractivity contribution in [1.82, 2.24) is 30.1 Å². The van der Waals surface area contributed by atoms with E-state index in [9.17, 15) is 14.9 Å². The van der Waals surface area contributed by atoms with Gasteiger partial charge in [-0.3, -0.25) is 19.8 Å². The molecule has 4 aromatic rings. The Morgan fingerprint density at radius 2 is 1.71 bits per heavy atom. The maximum absolute atomic E-state index is 13.6. The third-order valence-corrected chi connectivity index (χ3v) is 7.35. The molecule has 198 valence electrons. The van der Waals surface area contributed by atoms with E-state index in [0.717, 1.165) is 27.7 Å². The van der Waals surface area contributed by atoms with Crippen molar-refractivity contribution >= 4 is 22.3 Å². The number of fused-ring (bicyclic) bond motifs is 1. The highest BCUT2D eigenvalue weighted by atomic mass is 16.6. The monoisotopic (exact) mass is 516 g/mol. The molecular formula is C27H32N8O3. The molecule has 2 aromatic carbocycles. The van der Waals surface area contributed by atoms with Gasteiger partial charge >= 0.3 is 0 Å². The van der Waals surface area contributed by atoms with Crippen LogP contribution in [-0.4, -0.2) is 61.2 Å². The van der Waals surface area contributed by atoms with Crippen LogP contribution < -0.4 is 10.5 Å². The fourth-order valence-corrected chi connectivity index (χ4v) is 5.11. The second-order valence-electron chi connectivity index (χ2n) is 10.8. The van der Waals surface area contributed by atoms with Gasteiger partial charge in [0.15, 0.2) is 5.82 Å². The predicted molar refractivity (Wildman–Crippen MR) is 146 cm³/mol. The first kappa shape index (κ1) is 25.5. The standard InChI is InChI=1S/C27H32N8O3/c1-17-6-7-19-16-22(26(36)28-23(19)18(17)2)24(25-29-30-31-34(25)27(3,4)5)33-14-12-32(13-15-33)20-8-10-21(11-9-20)35(37)38/h6-11,16,24H,12-15H2,1-5H3,(H,28,36). The Kier molecular flexibility index (Phi) is 6.47. The van der Waals surface area contributed by atoms with Gasteiger partial charge in [0.05, 0.1) is 16.0 Å². The lowest BCUT2D eigenvalue weighted by Gasteiger charge is -2.40. The summed E-state index contributed by atoms with van der Waals surface area (Å²) in [5.41, 5.74) is 4.09. The molecule has 1 fully saturated rings. The zero-order valence-electron chi connectivity index (χ0n) is 22.3. The number of rotatable bonds is 5. The minimum atomic E-state index is -0.446. The number of benzene rings is 2. The molecule has 1 atom stereocenters. The Hall–Kier alpha value is -4.12. The molecule has 0 amide bonds. The van der Waals surface area contributed by atoms with Crippen LogP contribution in [-0.2, 0) is 5.54 Å². The molecule has 0 radical (unpaired) electrons. The number of nitrogens with zero attached hydrogens (tertiary/aromatic N) is 7. The number of pyridine rings is 1. The van der Waals surface area contributed by atoms with Gasteiger partial charge in [-0.2, -0.15) is 0 Å². The fraction of sp³-hybridized carbons (Fsp3) is 0.407. The molecule has 1 saturated heterocycles. The fourth-order valence-electron chi connectivity index (χ4n) is 5.11. The van der Waals surface area contributed by atoms with Crippen molar-refractivity contribution in [3.8, 4) is 0 Å². The summed E-state index contributed by atoms with van der Waals surface area (Å²) in [5.74, 6) is 0.620. The summed E-state index contributed by atoms with van der Waals surface area (Å²) >= 11 is 0. The quantitative estimate of drug-likeness (QED) is 0.314. The van der Waals surface area contributed by atoms with Gasteiger partial charge in [0, 0.05) is 49.6 Å². The van der Waals surface area contributed by atoms with Crippen LogP contribution in [0.4, 0.5) is 11.4 Å².